The highest BCUT2D eigenvalue weighted by atomic mass is 35.5. The molecule has 0 fully saturated rings. The predicted octanol–water partition coefficient (Wildman–Crippen LogP) is 2.54. The SMILES string of the molecule is CC(CO)(CO)CNc1cc(Cl)c(F)c(Cl)c1. The Balaban J connectivity index is 2.76. The molecule has 1 rings (SSSR count). The quantitative estimate of drug-likeness (QED) is 0.727. The second kappa shape index (κ2) is 5.87. The Morgan fingerprint density at radius 1 is 1.24 bits per heavy atom. The maximum atomic E-state index is 13.1. The van der Waals surface area contributed by atoms with Gasteiger partial charge in [0.1, 0.15) is 0 Å². The molecule has 0 saturated carbocycles. The van der Waals surface area contributed by atoms with Gasteiger partial charge >= 0.3 is 0 Å². The number of hydrogen-bond donors (Lipinski definition) is 3. The third kappa shape index (κ3) is 3.71. The molecule has 17 heavy (non-hydrogen) atoms. The highest BCUT2D eigenvalue weighted by Crippen LogP contribution is 2.28. The summed E-state index contributed by atoms with van der Waals surface area (Å²) in [6.45, 7) is 1.70. The van der Waals surface area contributed by atoms with Crippen molar-refractivity contribution in [3.8, 4) is 0 Å². The zero-order valence-electron chi connectivity index (χ0n) is 9.30. The predicted molar refractivity (Wildman–Crippen MR) is 67.2 cm³/mol. The molecule has 0 aliphatic carbocycles. The molecule has 0 saturated heterocycles. The molecule has 3 N–H and O–H groups in total. The molecule has 0 aromatic heterocycles. The van der Waals surface area contributed by atoms with Gasteiger partial charge in [0.25, 0.3) is 0 Å². The smallest absolute Gasteiger partial charge is 0.160 e. The molecule has 0 amide bonds. The monoisotopic (exact) mass is 281 g/mol. The van der Waals surface area contributed by atoms with E-state index >= 15 is 0 Å². The summed E-state index contributed by atoms with van der Waals surface area (Å²) >= 11 is 11.3. The third-order valence-electron chi connectivity index (χ3n) is 2.47. The average Bonchev–Trinajstić information content (AvgIpc) is 2.32. The molecule has 1 aromatic carbocycles. The minimum atomic E-state index is -0.661. The Bertz CT molecular complexity index is 374. The van der Waals surface area contributed by atoms with Crippen LogP contribution >= 0.6 is 23.2 Å². The van der Waals surface area contributed by atoms with Crippen molar-refractivity contribution < 1.29 is 14.6 Å². The molecule has 0 aliphatic rings. The number of anilines is 1. The van der Waals surface area contributed by atoms with E-state index in [2.05, 4.69) is 5.32 Å². The third-order valence-corrected chi connectivity index (χ3v) is 3.02. The Labute approximate surface area is 109 Å². The van der Waals surface area contributed by atoms with E-state index in [1.165, 1.54) is 12.1 Å². The molecule has 6 heteroatoms. The summed E-state index contributed by atoms with van der Waals surface area (Å²) in [5.74, 6) is -0.661. The first-order chi connectivity index (χ1) is 7.91. The van der Waals surface area contributed by atoms with Gasteiger partial charge in [0.15, 0.2) is 5.82 Å². The van der Waals surface area contributed by atoms with Crippen LogP contribution in [0.25, 0.3) is 0 Å². The summed E-state index contributed by atoms with van der Waals surface area (Å²) in [4.78, 5) is 0. The van der Waals surface area contributed by atoms with Crippen LogP contribution in [0, 0.1) is 11.2 Å². The van der Waals surface area contributed by atoms with Crippen molar-refractivity contribution in [1.82, 2.24) is 0 Å². The standard InChI is InChI=1S/C11H14Cl2FNO2/c1-11(5-16,6-17)4-15-7-2-8(12)10(14)9(13)3-7/h2-3,15-17H,4-6H2,1H3. The van der Waals surface area contributed by atoms with Gasteiger partial charge in [-0.25, -0.2) is 4.39 Å². The van der Waals surface area contributed by atoms with Gasteiger partial charge in [-0.05, 0) is 12.1 Å². The highest BCUT2D eigenvalue weighted by molar-refractivity contribution is 6.35. The van der Waals surface area contributed by atoms with E-state index in [0.29, 0.717) is 12.2 Å². The lowest BCUT2D eigenvalue weighted by Gasteiger charge is -2.25. The number of rotatable bonds is 5. The van der Waals surface area contributed by atoms with Gasteiger partial charge in [0, 0.05) is 17.6 Å². The number of halogens is 3. The van der Waals surface area contributed by atoms with Crippen molar-refractivity contribution in [2.24, 2.45) is 5.41 Å². The van der Waals surface area contributed by atoms with Crippen LogP contribution in [0.3, 0.4) is 0 Å². The molecule has 0 atom stereocenters. The summed E-state index contributed by atoms with van der Waals surface area (Å²) in [5.41, 5.74) is -0.123. The fraction of sp³-hybridized carbons (Fsp3) is 0.455. The molecule has 0 radical (unpaired) electrons. The van der Waals surface area contributed by atoms with Crippen LogP contribution in [0.2, 0.25) is 10.0 Å². The number of aliphatic hydroxyl groups is 2. The maximum absolute atomic E-state index is 13.1. The van der Waals surface area contributed by atoms with E-state index in [0.717, 1.165) is 0 Å². The maximum Gasteiger partial charge on any atom is 0.160 e. The molecular formula is C11H14Cl2FNO2. The number of benzene rings is 1. The summed E-state index contributed by atoms with van der Waals surface area (Å²) < 4.78 is 13.1. The Kier molecular flexibility index (Phi) is 5.01. The highest BCUT2D eigenvalue weighted by Gasteiger charge is 2.22. The zero-order chi connectivity index (χ0) is 13.1. The summed E-state index contributed by atoms with van der Waals surface area (Å²) in [6.07, 6.45) is 0. The Hall–Kier alpha value is -0.550. The van der Waals surface area contributed by atoms with Crippen molar-refractivity contribution in [2.45, 2.75) is 6.92 Å². The van der Waals surface area contributed by atoms with Crippen LogP contribution in [0.5, 0.6) is 0 Å². The first kappa shape index (κ1) is 14.5. The van der Waals surface area contributed by atoms with Gasteiger partial charge < -0.3 is 15.5 Å². The molecule has 96 valence electrons. The first-order valence-electron chi connectivity index (χ1n) is 5.02. The largest absolute Gasteiger partial charge is 0.396 e. The minimum absolute atomic E-state index is 0.0744. The average molecular weight is 282 g/mol. The van der Waals surface area contributed by atoms with E-state index in [4.69, 9.17) is 33.4 Å². The number of nitrogens with one attached hydrogen (secondary N) is 1. The molecule has 0 unspecified atom stereocenters. The molecule has 1 aromatic rings. The van der Waals surface area contributed by atoms with Crippen molar-refractivity contribution in [3.05, 3.63) is 28.0 Å². The lowest BCUT2D eigenvalue weighted by molar-refractivity contribution is 0.0806. The van der Waals surface area contributed by atoms with E-state index in [9.17, 15) is 4.39 Å². The second-order valence-electron chi connectivity index (χ2n) is 4.23. The van der Waals surface area contributed by atoms with Crippen LogP contribution in [0.4, 0.5) is 10.1 Å². The Morgan fingerprint density at radius 3 is 2.12 bits per heavy atom. The van der Waals surface area contributed by atoms with Gasteiger partial charge in [0.05, 0.1) is 23.3 Å². The summed E-state index contributed by atoms with van der Waals surface area (Å²) in [6, 6.07) is 2.80. The van der Waals surface area contributed by atoms with Gasteiger partial charge in [0.2, 0.25) is 0 Å². The van der Waals surface area contributed by atoms with Crippen molar-refractivity contribution in [3.63, 3.8) is 0 Å². The van der Waals surface area contributed by atoms with Crippen molar-refractivity contribution in [2.75, 3.05) is 25.1 Å². The van der Waals surface area contributed by atoms with Crippen molar-refractivity contribution in [1.29, 1.82) is 0 Å². The number of hydrogen-bond acceptors (Lipinski definition) is 3. The molecule has 0 bridgehead atoms. The van der Waals surface area contributed by atoms with Gasteiger partial charge in [-0.15, -0.1) is 0 Å². The Morgan fingerprint density at radius 2 is 1.71 bits per heavy atom. The lowest BCUT2D eigenvalue weighted by Crippen LogP contribution is -2.34. The van der Waals surface area contributed by atoms with E-state index < -0.39 is 11.2 Å². The van der Waals surface area contributed by atoms with Crippen LogP contribution < -0.4 is 5.32 Å². The van der Waals surface area contributed by atoms with Crippen LogP contribution in [-0.2, 0) is 0 Å². The van der Waals surface area contributed by atoms with E-state index in [1.807, 2.05) is 0 Å². The lowest BCUT2D eigenvalue weighted by atomic mass is 9.93. The van der Waals surface area contributed by atoms with E-state index in [-0.39, 0.29) is 23.3 Å². The van der Waals surface area contributed by atoms with Gasteiger partial charge in [-0.1, -0.05) is 30.1 Å². The topological polar surface area (TPSA) is 52.5 Å². The van der Waals surface area contributed by atoms with Crippen LogP contribution in [0.15, 0.2) is 12.1 Å². The first-order valence-corrected chi connectivity index (χ1v) is 5.77. The fourth-order valence-electron chi connectivity index (χ4n) is 1.13. The van der Waals surface area contributed by atoms with E-state index in [1.54, 1.807) is 6.92 Å². The minimum Gasteiger partial charge on any atom is -0.396 e. The molecule has 0 heterocycles. The van der Waals surface area contributed by atoms with Gasteiger partial charge in [-0.2, -0.15) is 0 Å². The van der Waals surface area contributed by atoms with Crippen LogP contribution in [-0.4, -0.2) is 30.0 Å². The molecule has 0 spiro atoms. The van der Waals surface area contributed by atoms with Crippen molar-refractivity contribution >= 4 is 28.9 Å². The molecule has 0 aliphatic heterocycles. The van der Waals surface area contributed by atoms with Crippen LogP contribution in [0.1, 0.15) is 6.92 Å². The fourth-order valence-corrected chi connectivity index (χ4v) is 1.62. The normalized spacial score (nSPS) is 11.6. The zero-order valence-corrected chi connectivity index (χ0v) is 10.8. The molecule has 3 nitrogen and oxygen atoms in total. The molecular weight excluding hydrogens is 268 g/mol. The summed E-state index contributed by atoms with van der Waals surface area (Å²) in [7, 11) is 0. The second-order valence-corrected chi connectivity index (χ2v) is 5.05. The summed E-state index contributed by atoms with van der Waals surface area (Å²) in [5, 5.41) is 21.0. The van der Waals surface area contributed by atoms with Gasteiger partial charge in [-0.3, -0.25) is 0 Å². The number of aliphatic hydroxyl groups excluding tert-OH is 2.